The van der Waals surface area contributed by atoms with Crippen LogP contribution in [0.1, 0.15) is 73.3 Å². The first-order valence-electron chi connectivity index (χ1n) is 36.4. The zero-order chi connectivity index (χ0) is 85.5. The number of carbonyl (C=O) groups is 6. The Kier molecular flexibility index (Phi) is 25.7. The van der Waals surface area contributed by atoms with Crippen molar-refractivity contribution in [2.45, 2.75) is 13.8 Å². The van der Waals surface area contributed by atoms with E-state index in [4.69, 9.17) is 43.7 Å². The first kappa shape index (κ1) is 85.5. The number of halogens is 4. The van der Waals surface area contributed by atoms with Crippen molar-refractivity contribution in [3.63, 3.8) is 0 Å². The highest BCUT2D eigenvalue weighted by Gasteiger charge is 2.36. The second-order valence-corrected chi connectivity index (χ2v) is 35.8. The first-order chi connectivity index (χ1) is 57.2. The predicted molar refractivity (Wildman–Crippen MR) is 460 cm³/mol. The molecule has 12 aromatic rings. The van der Waals surface area contributed by atoms with Gasteiger partial charge < -0.3 is 40.8 Å². The lowest BCUT2D eigenvalue weighted by atomic mass is 10.1. The molecule has 0 saturated carbocycles. The van der Waals surface area contributed by atoms with Crippen LogP contribution >= 0.6 is 34.8 Å². The van der Waals surface area contributed by atoms with E-state index in [1.165, 1.54) is 45.8 Å². The third-order valence-electron chi connectivity index (χ3n) is 19.1. The first-order valence-corrected chi connectivity index (χ1v) is 43.2. The number of aryl methyl sites for hydroxylation is 2. The summed E-state index contributed by atoms with van der Waals surface area (Å²) in [6.07, 6.45) is 3.20. The summed E-state index contributed by atoms with van der Waals surface area (Å²) in [6.45, 7) is 6.23. The molecule has 39 heteroatoms. The summed E-state index contributed by atoms with van der Waals surface area (Å²) in [4.78, 5) is 75.5. The molecule has 0 atom stereocenters. The summed E-state index contributed by atoms with van der Waals surface area (Å²) >= 11 is 18.1. The van der Waals surface area contributed by atoms with Crippen molar-refractivity contribution < 1.29 is 75.8 Å². The molecule has 0 aliphatic carbocycles. The number of aromatic nitrogens is 1. The molecule has 0 radical (unpaired) electrons. The Hall–Kier alpha value is -12.3. The average Bonchev–Trinajstić information content (AvgIpc) is 1.62. The second-order valence-electron chi connectivity index (χ2n) is 27.2. The lowest BCUT2D eigenvalue weighted by Gasteiger charge is -2.18. The van der Waals surface area contributed by atoms with Crippen LogP contribution in [0.4, 0.5) is 61.3 Å². The number of carbonyl (C=O) groups excluding carboxylic acids is 6. The average molecular weight is 1770 g/mol. The van der Waals surface area contributed by atoms with Gasteiger partial charge in [0.15, 0.2) is 5.58 Å². The van der Waals surface area contributed by atoms with E-state index < -0.39 is 58.5 Å². The molecule has 16 rings (SSSR count). The number of hydrogen-bond donors (Lipinski definition) is 8. The monoisotopic (exact) mass is 1760 g/mol. The van der Waals surface area contributed by atoms with Gasteiger partial charge in [0.25, 0.3) is 35.4 Å². The van der Waals surface area contributed by atoms with Gasteiger partial charge in [-0.1, -0.05) is 58.2 Å². The normalized spacial score (nSPS) is 15.6. The van der Waals surface area contributed by atoms with Crippen molar-refractivity contribution in [1.82, 2.24) is 23.2 Å². The molecule has 8 N–H and O–H groups in total. The van der Waals surface area contributed by atoms with Crippen LogP contribution in [0, 0.1) is 19.7 Å². The van der Waals surface area contributed by atoms with Crippen molar-refractivity contribution in [3.8, 4) is 0 Å². The Morgan fingerprint density at radius 3 is 1.33 bits per heavy atom. The van der Waals surface area contributed by atoms with Gasteiger partial charge in [0.2, 0.25) is 0 Å². The highest BCUT2D eigenvalue weighted by atomic mass is 35.5. The topological polar surface area (TPSA) is 394 Å². The van der Waals surface area contributed by atoms with E-state index in [1.54, 1.807) is 210 Å². The van der Waals surface area contributed by atoms with Crippen LogP contribution in [0.5, 0.6) is 0 Å². The van der Waals surface area contributed by atoms with Crippen LogP contribution in [0.2, 0.25) is 15.1 Å². The minimum Gasteiger partial charge on any atom is -0.464 e. The number of fused-ring (bicyclic) bond motifs is 2. The highest BCUT2D eigenvalue weighted by Crippen LogP contribution is 2.33. The van der Waals surface area contributed by atoms with Crippen LogP contribution in [-0.4, -0.2) is 149 Å². The number of hydrogen-bond acceptors (Lipinski definition) is 17. The van der Waals surface area contributed by atoms with Crippen molar-refractivity contribution in [1.29, 1.82) is 0 Å². The summed E-state index contributed by atoms with van der Waals surface area (Å²) in [5, 5.41) is 23.1. The SMILES string of the molecule is CN1CCN(c2ccc(C(=O)Nc3ccc4ccoc4c3)cc2)S1(=O)=O.CN1CCN(c2ccc(C(=O)Nc3ccc4cnoc4c3)cc2)S1(=O)=O.Cc1cc(N2CCNS2(=O)=O)ccc1C(=O)Nc1ccc(Cl)c(NC(=O)c2cccc(Cl)c2)c1.Cc1ccc(NC(=O)c2ccc(N3CCNS3(=O)=O)cc2F)cc1NC(=O)c1cccc(Cl)c1. The summed E-state index contributed by atoms with van der Waals surface area (Å²) in [5.74, 6) is -3.31. The van der Waals surface area contributed by atoms with Crippen LogP contribution in [0.25, 0.3) is 21.9 Å². The van der Waals surface area contributed by atoms with Crippen LogP contribution in [0.3, 0.4) is 0 Å². The lowest BCUT2D eigenvalue weighted by Crippen LogP contribution is -2.30. The Labute approximate surface area is 703 Å². The number of furan rings is 1. The van der Waals surface area contributed by atoms with Gasteiger partial charge in [-0.05, 0) is 207 Å². The van der Waals surface area contributed by atoms with Gasteiger partial charge in [0, 0.05) is 156 Å². The molecule has 10 aromatic carbocycles. The minimum absolute atomic E-state index is 0.125. The molecule has 4 fully saturated rings. The van der Waals surface area contributed by atoms with Crippen molar-refractivity contribution in [2.75, 3.05) is 116 Å². The van der Waals surface area contributed by atoms with Crippen LogP contribution in [-0.2, 0) is 40.8 Å². The molecule has 0 spiro atoms. The number of likely N-dealkylation sites (N-methyl/N-ethyl adjacent to an activating group) is 2. The molecular weight excluding hydrogens is 1690 g/mol. The molecule has 6 amide bonds. The number of amides is 6. The van der Waals surface area contributed by atoms with Gasteiger partial charge in [-0.25, -0.2) is 4.39 Å². The van der Waals surface area contributed by atoms with Crippen molar-refractivity contribution in [2.24, 2.45) is 0 Å². The number of nitrogens with one attached hydrogen (secondary N) is 8. The standard InChI is InChI=1S/C23H20Cl2N4O4S.C23H20ClFN4O4S.C18H17N3O4S.C17H16N4O4S/c1-14-11-18(29-10-9-26-34(29,32)33)6-7-19(14)23(31)27-17-5-8-20(25)21(13-17)28-22(30)15-3-2-4-16(24)12-15;1-14-5-6-17(12-21(14)28-22(30)15-3-2-4-16(24)11-15)27-23(31)19-8-7-18(13-20(19)25)29-10-9-26-34(29,32)33;1-20-9-10-21(26(20,23)24)16-6-3-14(4-7-16)18(22)19-15-5-2-13-8-11-25-17(13)12-15;1-20-8-9-21(26(20,23)24)15-6-3-12(4-7-15)17(22)19-14-5-2-13-11-18-25-16(13)10-14/h2*2-8,11-13,26H,9-10H2,1H3,(H,27,31)(H,28,30);2-8,11-12H,9-10H2,1H3,(H,19,22);2-7,10-11H,8-9H2,1H3,(H,19,22). The van der Waals surface area contributed by atoms with E-state index in [2.05, 4.69) is 46.5 Å². The molecule has 4 aliphatic rings. The van der Waals surface area contributed by atoms with Gasteiger partial charge >= 0.3 is 40.8 Å². The maximum atomic E-state index is 14.7. The summed E-state index contributed by atoms with van der Waals surface area (Å²) in [7, 11) is -11.1. The third-order valence-corrected chi connectivity index (χ3v) is 26.9. The number of nitrogens with zero attached hydrogens (tertiary/aromatic N) is 7. The summed E-state index contributed by atoms with van der Waals surface area (Å²) in [5.41, 5.74) is 8.84. The van der Waals surface area contributed by atoms with Crippen LogP contribution in [0.15, 0.2) is 234 Å². The Morgan fingerprint density at radius 2 is 0.842 bits per heavy atom. The summed E-state index contributed by atoms with van der Waals surface area (Å²) in [6, 6.07) is 56.5. The molecule has 0 unspecified atom stereocenters. The van der Waals surface area contributed by atoms with E-state index in [0.29, 0.717) is 150 Å². The van der Waals surface area contributed by atoms with E-state index in [0.717, 1.165) is 26.7 Å². The fraction of sp³-hybridized carbons (Fsp3) is 0.148. The second kappa shape index (κ2) is 36.1. The molecule has 4 aliphatic heterocycles. The van der Waals surface area contributed by atoms with Gasteiger partial charge in [0.05, 0.1) is 51.5 Å². The highest BCUT2D eigenvalue weighted by molar-refractivity contribution is 7.91. The quantitative estimate of drug-likeness (QED) is 0.0445. The fourth-order valence-electron chi connectivity index (χ4n) is 12.7. The molecule has 31 nitrogen and oxygen atoms in total. The zero-order valence-corrected chi connectivity index (χ0v) is 69.4. The van der Waals surface area contributed by atoms with E-state index in [1.807, 2.05) is 12.1 Å². The molecule has 120 heavy (non-hydrogen) atoms. The fourth-order valence-corrected chi connectivity index (χ4v) is 18.4. The third kappa shape index (κ3) is 19.8. The van der Waals surface area contributed by atoms with E-state index in [-0.39, 0.29) is 48.0 Å². The minimum atomic E-state index is -3.71. The molecular formula is C81H73Cl3FN15O16S4. The van der Waals surface area contributed by atoms with E-state index >= 15 is 0 Å². The smallest absolute Gasteiger partial charge is 0.303 e. The van der Waals surface area contributed by atoms with Gasteiger partial charge in [-0.3, -0.25) is 46.0 Å². The largest absolute Gasteiger partial charge is 0.464 e. The molecule has 4 saturated heterocycles. The molecule has 0 bridgehead atoms. The molecule has 6 heterocycles. The van der Waals surface area contributed by atoms with Crippen molar-refractivity contribution >= 4 is 190 Å². The van der Waals surface area contributed by atoms with Gasteiger partial charge in [0.1, 0.15) is 11.4 Å². The Bertz CT molecular complexity index is 6110. The number of benzene rings is 10. The molecule has 2 aromatic heterocycles. The summed E-state index contributed by atoms with van der Waals surface area (Å²) < 4.78 is 134. The van der Waals surface area contributed by atoms with E-state index in [9.17, 15) is 66.8 Å². The zero-order valence-electron chi connectivity index (χ0n) is 63.8. The lowest BCUT2D eigenvalue weighted by molar-refractivity contribution is 0.101. The van der Waals surface area contributed by atoms with Crippen molar-refractivity contribution in [3.05, 3.63) is 290 Å². The number of rotatable bonds is 16. The Balaban J connectivity index is 0.000000139. The maximum absolute atomic E-state index is 14.7. The number of anilines is 10. The van der Waals surface area contributed by atoms with Crippen LogP contribution < -0.4 is 58.6 Å². The maximum Gasteiger partial charge on any atom is 0.303 e. The predicted octanol–water partition coefficient (Wildman–Crippen LogP) is 13.2. The Morgan fingerprint density at radius 1 is 0.400 bits per heavy atom. The van der Waals surface area contributed by atoms with Gasteiger partial charge in [-0.2, -0.15) is 51.7 Å². The molecule has 620 valence electrons. The van der Waals surface area contributed by atoms with Gasteiger partial charge in [-0.15, -0.1) is 0 Å².